The van der Waals surface area contributed by atoms with Crippen molar-refractivity contribution >= 4 is 17.7 Å². The average Bonchev–Trinajstić information content (AvgIpc) is 2.99. The first kappa shape index (κ1) is 15.9. The Morgan fingerprint density at radius 1 is 1.21 bits per heavy atom. The van der Waals surface area contributed by atoms with Crippen LogP contribution in [0, 0.1) is 0 Å². The van der Waals surface area contributed by atoms with E-state index in [0.717, 1.165) is 0 Å². The van der Waals surface area contributed by atoms with E-state index in [1.54, 1.807) is 48.7 Å². The fourth-order valence-electron chi connectivity index (χ4n) is 2.57. The van der Waals surface area contributed by atoms with Gasteiger partial charge in [0.25, 0.3) is 0 Å². The van der Waals surface area contributed by atoms with Crippen molar-refractivity contribution in [3.8, 4) is 5.75 Å². The maximum atomic E-state index is 12.4. The monoisotopic (exact) mass is 327 g/mol. The fourth-order valence-corrected chi connectivity index (χ4v) is 2.57. The molecule has 24 heavy (non-hydrogen) atoms. The van der Waals surface area contributed by atoms with Crippen LogP contribution in [0.2, 0.25) is 0 Å². The maximum absolute atomic E-state index is 12.4. The molecular formula is C17H17N3O4. The molecule has 0 spiro atoms. The van der Waals surface area contributed by atoms with Gasteiger partial charge in [-0.15, -0.1) is 0 Å². The lowest BCUT2D eigenvalue weighted by atomic mass is 10.2. The van der Waals surface area contributed by atoms with Crippen molar-refractivity contribution in [1.29, 1.82) is 0 Å². The lowest BCUT2D eigenvalue weighted by Crippen LogP contribution is -2.44. The van der Waals surface area contributed by atoms with Gasteiger partial charge in [-0.25, -0.2) is 4.79 Å². The van der Waals surface area contributed by atoms with Gasteiger partial charge >= 0.3 is 6.09 Å². The summed E-state index contributed by atoms with van der Waals surface area (Å²) >= 11 is 0. The number of amides is 2. The van der Waals surface area contributed by atoms with Gasteiger partial charge < -0.3 is 15.2 Å². The first-order valence-electron chi connectivity index (χ1n) is 7.56. The average molecular weight is 327 g/mol. The quantitative estimate of drug-likeness (QED) is 0.894. The van der Waals surface area contributed by atoms with E-state index in [4.69, 9.17) is 4.74 Å². The number of para-hydroxylation sites is 1. The number of carbonyl (C=O) groups is 2. The molecular weight excluding hydrogens is 310 g/mol. The molecule has 1 aromatic carbocycles. The number of pyridine rings is 1. The Balaban J connectivity index is 1.69. The van der Waals surface area contributed by atoms with Gasteiger partial charge in [0.2, 0.25) is 5.91 Å². The predicted octanol–water partition coefficient (Wildman–Crippen LogP) is 1.65. The second-order valence-electron chi connectivity index (χ2n) is 5.47. The van der Waals surface area contributed by atoms with Gasteiger partial charge in [0.1, 0.15) is 11.8 Å². The summed E-state index contributed by atoms with van der Waals surface area (Å²) < 4.78 is 5.26. The summed E-state index contributed by atoms with van der Waals surface area (Å²) in [5, 5.41) is 12.5. The number of nitrogens with zero attached hydrogens (tertiary/aromatic N) is 2. The molecule has 2 N–H and O–H groups in total. The van der Waals surface area contributed by atoms with E-state index in [1.807, 2.05) is 0 Å². The summed E-state index contributed by atoms with van der Waals surface area (Å²) in [5.41, 5.74) is 0.528. The molecule has 1 aromatic heterocycles. The highest BCUT2D eigenvalue weighted by atomic mass is 16.6. The van der Waals surface area contributed by atoms with Crippen molar-refractivity contribution in [1.82, 2.24) is 9.88 Å². The van der Waals surface area contributed by atoms with E-state index in [9.17, 15) is 14.7 Å². The van der Waals surface area contributed by atoms with E-state index >= 15 is 0 Å². The number of anilines is 1. The minimum Gasteiger partial charge on any atom is -0.410 e. The van der Waals surface area contributed by atoms with Crippen LogP contribution in [0.4, 0.5) is 10.5 Å². The van der Waals surface area contributed by atoms with Crippen LogP contribution in [0.25, 0.3) is 0 Å². The van der Waals surface area contributed by atoms with Gasteiger partial charge in [0, 0.05) is 12.6 Å². The number of β-amino-alcohol motifs (C(OH)–C–C–N with tert-alkyl or cyclic N) is 1. The van der Waals surface area contributed by atoms with Crippen molar-refractivity contribution in [2.45, 2.75) is 18.6 Å². The normalized spacial score (nSPS) is 19.8. The molecule has 1 fully saturated rings. The number of carbonyl (C=O) groups excluding carboxylic acids is 2. The largest absolute Gasteiger partial charge is 0.416 e. The molecule has 0 bridgehead atoms. The molecule has 0 saturated carbocycles. The zero-order valence-electron chi connectivity index (χ0n) is 12.8. The van der Waals surface area contributed by atoms with Crippen LogP contribution < -0.4 is 10.1 Å². The van der Waals surface area contributed by atoms with Gasteiger partial charge in [-0.2, -0.15) is 0 Å². The Kier molecular flexibility index (Phi) is 4.72. The Morgan fingerprint density at radius 3 is 2.71 bits per heavy atom. The second kappa shape index (κ2) is 7.10. The van der Waals surface area contributed by atoms with Gasteiger partial charge in [-0.05, 0) is 24.3 Å². The molecule has 124 valence electrons. The van der Waals surface area contributed by atoms with E-state index in [2.05, 4.69) is 10.3 Å². The van der Waals surface area contributed by atoms with Crippen LogP contribution in [0.15, 0.2) is 54.9 Å². The summed E-state index contributed by atoms with van der Waals surface area (Å²) in [5.74, 6) is -0.000121. The van der Waals surface area contributed by atoms with Crippen LogP contribution >= 0.6 is 0 Å². The number of aliphatic hydroxyl groups is 1. The number of hydrogen-bond donors (Lipinski definition) is 2. The fraction of sp³-hybridized carbons (Fsp3) is 0.235. The summed E-state index contributed by atoms with van der Waals surface area (Å²) in [6.45, 7) is 0.0524. The number of benzene rings is 1. The molecule has 0 radical (unpaired) electrons. The van der Waals surface area contributed by atoms with Gasteiger partial charge in [0.15, 0.2) is 0 Å². The Labute approximate surface area is 138 Å². The molecule has 7 heteroatoms. The summed E-state index contributed by atoms with van der Waals surface area (Å²) in [6.07, 6.45) is 1.84. The van der Waals surface area contributed by atoms with Crippen LogP contribution in [0.1, 0.15) is 6.42 Å². The summed E-state index contributed by atoms with van der Waals surface area (Å²) in [6, 6.07) is 11.2. The first-order valence-corrected chi connectivity index (χ1v) is 7.56. The Bertz CT molecular complexity index is 647. The molecule has 7 nitrogen and oxygen atoms in total. The van der Waals surface area contributed by atoms with E-state index < -0.39 is 18.2 Å². The number of ether oxygens (including phenoxy) is 1. The highest BCUT2D eigenvalue weighted by Crippen LogP contribution is 2.22. The Hall–Kier alpha value is -2.93. The number of rotatable bonds is 3. The van der Waals surface area contributed by atoms with Crippen LogP contribution in [-0.2, 0) is 4.79 Å². The van der Waals surface area contributed by atoms with Crippen molar-refractivity contribution < 1.29 is 19.4 Å². The maximum Gasteiger partial charge on any atom is 0.416 e. The number of nitrogens with one attached hydrogen (secondary N) is 1. The molecule has 1 aliphatic heterocycles. The lowest BCUT2D eigenvalue weighted by Gasteiger charge is -2.22. The minimum absolute atomic E-state index is 0.0524. The molecule has 2 amide bonds. The molecule has 2 aromatic rings. The standard InChI is InChI=1S/C17H17N3O4/c21-13-9-15(16(22)19-12-5-4-8-18-10-12)20(11-13)17(23)24-14-6-2-1-3-7-14/h1-8,10,13,15,21H,9,11H2,(H,19,22)/t13-,15-/m0/s1. The summed E-state index contributed by atoms with van der Waals surface area (Å²) in [4.78, 5) is 29.9. The van der Waals surface area contributed by atoms with Crippen molar-refractivity contribution in [2.24, 2.45) is 0 Å². The highest BCUT2D eigenvalue weighted by Gasteiger charge is 2.40. The van der Waals surface area contributed by atoms with Crippen LogP contribution in [0.5, 0.6) is 5.75 Å². The number of aliphatic hydroxyl groups excluding tert-OH is 1. The molecule has 0 aliphatic carbocycles. The number of hydrogen-bond acceptors (Lipinski definition) is 5. The molecule has 1 saturated heterocycles. The minimum atomic E-state index is -0.795. The third-order valence-corrected chi connectivity index (χ3v) is 3.69. The number of aromatic nitrogens is 1. The van der Waals surface area contributed by atoms with Crippen molar-refractivity contribution in [3.05, 3.63) is 54.9 Å². The third kappa shape index (κ3) is 3.69. The van der Waals surface area contributed by atoms with Crippen molar-refractivity contribution in [3.63, 3.8) is 0 Å². The molecule has 0 unspecified atom stereocenters. The van der Waals surface area contributed by atoms with E-state index in [-0.39, 0.29) is 18.9 Å². The van der Waals surface area contributed by atoms with Crippen LogP contribution in [0.3, 0.4) is 0 Å². The van der Waals surface area contributed by atoms with Crippen LogP contribution in [-0.4, -0.2) is 45.7 Å². The second-order valence-corrected chi connectivity index (χ2v) is 5.47. The predicted molar refractivity (Wildman–Crippen MR) is 86.5 cm³/mol. The van der Waals surface area contributed by atoms with E-state index in [0.29, 0.717) is 11.4 Å². The van der Waals surface area contributed by atoms with Gasteiger partial charge in [-0.1, -0.05) is 18.2 Å². The van der Waals surface area contributed by atoms with E-state index in [1.165, 1.54) is 11.1 Å². The van der Waals surface area contributed by atoms with Gasteiger partial charge in [-0.3, -0.25) is 14.7 Å². The molecule has 2 atom stereocenters. The Morgan fingerprint density at radius 2 is 2.00 bits per heavy atom. The molecule has 2 heterocycles. The summed E-state index contributed by atoms with van der Waals surface area (Å²) in [7, 11) is 0. The molecule has 3 rings (SSSR count). The SMILES string of the molecule is O=C(Nc1cccnc1)[C@@H]1C[C@H](O)CN1C(=O)Oc1ccccc1. The topological polar surface area (TPSA) is 91.8 Å². The lowest BCUT2D eigenvalue weighted by molar-refractivity contribution is -0.119. The van der Waals surface area contributed by atoms with Crippen molar-refractivity contribution in [2.75, 3.05) is 11.9 Å². The smallest absolute Gasteiger partial charge is 0.410 e. The first-order chi connectivity index (χ1) is 11.6. The highest BCUT2D eigenvalue weighted by molar-refractivity contribution is 5.97. The zero-order chi connectivity index (χ0) is 16.9. The number of likely N-dealkylation sites (tertiary alicyclic amines) is 1. The third-order valence-electron chi connectivity index (χ3n) is 3.69. The zero-order valence-corrected chi connectivity index (χ0v) is 12.8. The van der Waals surface area contributed by atoms with Gasteiger partial charge in [0.05, 0.1) is 24.5 Å². The molecule has 1 aliphatic rings.